The lowest BCUT2D eigenvalue weighted by atomic mass is 10.1. The summed E-state index contributed by atoms with van der Waals surface area (Å²) in [6, 6.07) is 0. The van der Waals surface area contributed by atoms with Gasteiger partial charge in [-0.1, -0.05) is 0 Å². The molecule has 0 aromatic carbocycles. The van der Waals surface area contributed by atoms with Gasteiger partial charge in [-0.05, 0) is 34.5 Å². The normalized spacial score (nSPS) is 15.5. The Morgan fingerprint density at radius 3 is 3.08 bits per heavy atom. The van der Waals surface area contributed by atoms with Crippen LogP contribution in [0, 0.1) is 0 Å². The Morgan fingerprint density at radius 2 is 2.38 bits per heavy atom. The second kappa shape index (κ2) is 3.40. The Morgan fingerprint density at radius 1 is 1.62 bits per heavy atom. The molecular weight excluding hydrogens is 254 g/mol. The minimum absolute atomic E-state index is 0.460. The van der Waals surface area contributed by atoms with Crippen LogP contribution in [0.5, 0.6) is 0 Å². The Hall–Kier alpha value is -0.390. The van der Waals surface area contributed by atoms with Crippen molar-refractivity contribution >= 4 is 33.2 Å². The fourth-order valence-corrected chi connectivity index (χ4v) is 3.54. The maximum atomic E-state index is 10.9. The average Bonchev–Trinajstić information content (AvgIpc) is 2.39. The second-order valence-electron chi connectivity index (χ2n) is 2.88. The van der Waals surface area contributed by atoms with Crippen LogP contribution >= 0.6 is 27.3 Å². The summed E-state index contributed by atoms with van der Waals surface area (Å²) in [6.07, 6.45) is 0.819. The Kier molecular flexibility index (Phi) is 2.40. The maximum absolute atomic E-state index is 10.9. The molecule has 1 aliphatic rings. The number of halogens is 1. The summed E-state index contributed by atoms with van der Waals surface area (Å²) in [7, 11) is 0. The zero-order valence-corrected chi connectivity index (χ0v) is 9.17. The molecule has 1 aromatic rings. The third kappa shape index (κ3) is 1.51. The third-order valence-corrected chi connectivity index (χ3v) is 4.00. The van der Waals surface area contributed by atoms with E-state index in [4.69, 9.17) is 5.11 Å². The van der Waals surface area contributed by atoms with Gasteiger partial charge in [0, 0.05) is 11.4 Å². The molecule has 0 amide bonds. The number of hydrogen-bond acceptors (Lipinski definition) is 3. The minimum atomic E-state index is -0.828. The van der Waals surface area contributed by atoms with Crippen LogP contribution < -0.4 is 5.32 Å². The van der Waals surface area contributed by atoms with Gasteiger partial charge < -0.3 is 10.4 Å². The topological polar surface area (TPSA) is 49.3 Å². The van der Waals surface area contributed by atoms with Crippen molar-refractivity contribution in [2.75, 3.05) is 6.54 Å². The number of carboxylic acids is 1. The van der Waals surface area contributed by atoms with Crippen LogP contribution in [0.25, 0.3) is 0 Å². The highest BCUT2D eigenvalue weighted by atomic mass is 79.9. The molecule has 2 heterocycles. The maximum Gasteiger partial charge on any atom is 0.338 e. The van der Waals surface area contributed by atoms with Gasteiger partial charge in [-0.25, -0.2) is 4.79 Å². The minimum Gasteiger partial charge on any atom is -0.478 e. The highest BCUT2D eigenvalue weighted by Gasteiger charge is 2.23. The zero-order valence-electron chi connectivity index (χ0n) is 6.76. The molecule has 0 atom stereocenters. The Labute approximate surface area is 87.9 Å². The van der Waals surface area contributed by atoms with Crippen molar-refractivity contribution < 1.29 is 9.90 Å². The molecule has 70 valence electrons. The number of nitrogens with one attached hydrogen (secondary N) is 1. The molecule has 0 saturated carbocycles. The predicted octanol–water partition coefficient (Wildman–Crippen LogP) is 1.85. The summed E-state index contributed by atoms with van der Waals surface area (Å²) < 4.78 is 0.744. The summed E-state index contributed by atoms with van der Waals surface area (Å²) in [6.45, 7) is 1.67. The van der Waals surface area contributed by atoms with Crippen molar-refractivity contribution in [3.8, 4) is 0 Å². The first-order chi connectivity index (χ1) is 6.20. The van der Waals surface area contributed by atoms with Gasteiger partial charge in [0.1, 0.15) is 0 Å². The fraction of sp³-hybridized carbons (Fsp3) is 0.375. The molecule has 0 radical (unpaired) electrons. The Balaban J connectivity index is 2.54. The van der Waals surface area contributed by atoms with E-state index in [0.717, 1.165) is 33.7 Å². The van der Waals surface area contributed by atoms with E-state index in [9.17, 15) is 4.79 Å². The molecule has 2 N–H and O–H groups in total. The first-order valence-corrected chi connectivity index (χ1v) is 5.55. The van der Waals surface area contributed by atoms with Crippen LogP contribution in [0.2, 0.25) is 0 Å². The van der Waals surface area contributed by atoms with Crippen LogP contribution in [-0.4, -0.2) is 17.6 Å². The summed E-state index contributed by atoms with van der Waals surface area (Å²) >= 11 is 4.81. The molecule has 1 aliphatic heterocycles. The first-order valence-electron chi connectivity index (χ1n) is 3.94. The van der Waals surface area contributed by atoms with Crippen molar-refractivity contribution in [2.24, 2.45) is 0 Å². The predicted molar refractivity (Wildman–Crippen MR) is 54.4 cm³/mol. The standard InChI is InChI=1S/C8H8BrNO2S/c9-7-6(8(11)12)4-1-2-10-3-5(4)13-7/h10H,1-3H2,(H,11,12). The molecule has 0 spiro atoms. The number of carbonyl (C=O) groups is 1. The van der Waals surface area contributed by atoms with E-state index >= 15 is 0 Å². The quantitative estimate of drug-likeness (QED) is 0.812. The molecule has 3 nitrogen and oxygen atoms in total. The molecule has 0 bridgehead atoms. The number of thiophene rings is 1. The van der Waals surface area contributed by atoms with E-state index in [0.29, 0.717) is 5.56 Å². The van der Waals surface area contributed by atoms with Gasteiger partial charge in [-0.3, -0.25) is 0 Å². The van der Waals surface area contributed by atoms with Crippen molar-refractivity contribution in [2.45, 2.75) is 13.0 Å². The van der Waals surface area contributed by atoms with Crippen LogP contribution in [0.1, 0.15) is 20.8 Å². The van der Waals surface area contributed by atoms with E-state index in [2.05, 4.69) is 21.2 Å². The van der Waals surface area contributed by atoms with Gasteiger partial charge >= 0.3 is 5.97 Å². The molecule has 1 aromatic heterocycles. The summed E-state index contributed by atoms with van der Waals surface area (Å²) in [5.41, 5.74) is 1.46. The van der Waals surface area contributed by atoms with E-state index in [-0.39, 0.29) is 0 Å². The lowest BCUT2D eigenvalue weighted by Crippen LogP contribution is -2.23. The molecule has 5 heteroatoms. The molecule has 0 aliphatic carbocycles. The highest BCUT2D eigenvalue weighted by Crippen LogP contribution is 2.34. The van der Waals surface area contributed by atoms with Crippen molar-refractivity contribution in [1.29, 1.82) is 0 Å². The molecule has 2 rings (SSSR count). The summed E-state index contributed by atoms with van der Waals surface area (Å²) in [4.78, 5) is 12.1. The van der Waals surface area contributed by atoms with E-state index in [1.807, 2.05) is 0 Å². The van der Waals surface area contributed by atoms with E-state index < -0.39 is 5.97 Å². The molecule has 13 heavy (non-hydrogen) atoms. The Bertz CT molecular complexity index is 361. The number of carboxylic acid groups (broad SMARTS) is 1. The zero-order chi connectivity index (χ0) is 9.42. The van der Waals surface area contributed by atoms with E-state index in [1.54, 1.807) is 0 Å². The molecular formula is C8H8BrNO2S. The monoisotopic (exact) mass is 261 g/mol. The molecule has 0 saturated heterocycles. The van der Waals surface area contributed by atoms with Crippen molar-refractivity contribution in [3.63, 3.8) is 0 Å². The van der Waals surface area contributed by atoms with Gasteiger partial charge in [0.25, 0.3) is 0 Å². The SMILES string of the molecule is O=C(O)c1c(Br)sc2c1CCNC2. The second-order valence-corrected chi connectivity index (χ2v) is 5.31. The number of hydrogen-bond donors (Lipinski definition) is 2. The van der Waals surface area contributed by atoms with Gasteiger partial charge in [-0.2, -0.15) is 0 Å². The number of fused-ring (bicyclic) bond motifs is 1. The van der Waals surface area contributed by atoms with Crippen LogP contribution in [0.3, 0.4) is 0 Å². The lowest BCUT2D eigenvalue weighted by Gasteiger charge is -2.12. The van der Waals surface area contributed by atoms with Gasteiger partial charge in [0.2, 0.25) is 0 Å². The smallest absolute Gasteiger partial charge is 0.338 e. The van der Waals surface area contributed by atoms with Gasteiger partial charge in [0.15, 0.2) is 0 Å². The summed E-state index contributed by atoms with van der Waals surface area (Å²) in [5.74, 6) is -0.828. The van der Waals surface area contributed by atoms with Crippen molar-refractivity contribution in [1.82, 2.24) is 5.32 Å². The van der Waals surface area contributed by atoms with Gasteiger partial charge in [0.05, 0.1) is 9.35 Å². The van der Waals surface area contributed by atoms with Crippen LogP contribution in [0.4, 0.5) is 0 Å². The fourth-order valence-electron chi connectivity index (χ4n) is 1.51. The summed E-state index contributed by atoms with van der Waals surface area (Å²) in [5, 5.41) is 12.2. The molecule has 0 fully saturated rings. The van der Waals surface area contributed by atoms with Gasteiger partial charge in [-0.15, -0.1) is 11.3 Å². The first kappa shape index (κ1) is 9.18. The van der Waals surface area contributed by atoms with Crippen LogP contribution in [-0.2, 0) is 13.0 Å². The highest BCUT2D eigenvalue weighted by molar-refractivity contribution is 9.11. The largest absolute Gasteiger partial charge is 0.478 e. The average molecular weight is 262 g/mol. The van der Waals surface area contributed by atoms with E-state index in [1.165, 1.54) is 11.3 Å². The lowest BCUT2D eigenvalue weighted by molar-refractivity contribution is 0.0695. The van der Waals surface area contributed by atoms with Crippen molar-refractivity contribution in [3.05, 3.63) is 19.8 Å². The molecule has 0 unspecified atom stereocenters. The number of aromatic carboxylic acids is 1. The third-order valence-electron chi connectivity index (χ3n) is 2.10. The number of rotatable bonds is 1. The van der Waals surface area contributed by atoms with Crippen LogP contribution in [0.15, 0.2) is 3.79 Å².